The van der Waals surface area contributed by atoms with Crippen molar-refractivity contribution in [3.63, 3.8) is 0 Å². The maximum absolute atomic E-state index is 12.9. The minimum atomic E-state index is -0.392. The lowest BCUT2D eigenvalue weighted by molar-refractivity contribution is 0.0953. The van der Waals surface area contributed by atoms with Crippen molar-refractivity contribution in [2.75, 3.05) is 13.2 Å². The highest BCUT2D eigenvalue weighted by molar-refractivity contribution is 5.94. The summed E-state index contributed by atoms with van der Waals surface area (Å²) >= 11 is 0. The molecule has 0 unspecified atom stereocenters. The molecule has 0 fully saturated rings. The van der Waals surface area contributed by atoms with Crippen molar-refractivity contribution in [2.45, 2.75) is 0 Å². The van der Waals surface area contributed by atoms with Gasteiger partial charge in [-0.2, -0.15) is 0 Å². The summed E-state index contributed by atoms with van der Waals surface area (Å²) in [5, 5.41) is 0. The van der Waals surface area contributed by atoms with E-state index in [4.69, 9.17) is 15.3 Å². The highest BCUT2D eigenvalue weighted by Gasteiger charge is 2.04. The summed E-state index contributed by atoms with van der Waals surface area (Å²) in [5.74, 6) is 5.28. The maximum Gasteiger partial charge on any atom is 0.265 e. The first-order valence-corrected chi connectivity index (χ1v) is 6.31. The molecule has 21 heavy (non-hydrogen) atoms. The fourth-order valence-electron chi connectivity index (χ4n) is 1.69. The van der Waals surface area contributed by atoms with Crippen LogP contribution in [0, 0.1) is 5.82 Å². The van der Waals surface area contributed by atoms with Gasteiger partial charge in [-0.15, -0.1) is 0 Å². The predicted molar refractivity (Wildman–Crippen MR) is 75.5 cm³/mol. The molecule has 6 heteroatoms. The minimum Gasteiger partial charge on any atom is -0.490 e. The van der Waals surface area contributed by atoms with Crippen LogP contribution in [0.2, 0.25) is 0 Å². The minimum absolute atomic E-state index is 0.261. The van der Waals surface area contributed by atoms with Crippen molar-refractivity contribution in [3.05, 3.63) is 59.9 Å². The van der Waals surface area contributed by atoms with Crippen LogP contribution >= 0.6 is 0 Å². The Hall–Kier alpha value is -2.60. The van der Waals surface area contributed by atoms with Gasteiger partial charge in [0.15, 0.2) is 0 Å². The van der Waals surface area contributed by atoms with Gasteiger partial charge in [0.05, 0.1) is 0 Å². The summed E-state index contributed by atoms with van der Waals surface area (Å²) in [7, 11) is 0. The Morgan fingerprint density at radius 1 is 1.05 bits per heavy atom. The van der Waals surface area contributed by atoms with E-state index in [1.54, 1.807) is 36.4 Å². The van der Waals surface area contributed by atoms with E-state index in [1.165, 1.54) is 12.1 Å². The molecule has 0 saturated carbocycles. The van der Waals surface area contributed by atoms with Gasteiger partial charge >= 0.3 is 0 Å². The van der Waals surface area contributed by atoms with Gasteiger partial charge in [-0.05, 0) is 30.3 Å². The Kier molecular flexibility index (Phi) is 5.11. The number of nitrogens with one attached hydrogen (secondary N) is 1. The van der Waals surface area contributed by atoms with E-state index in [-0.39, 0.29) is 19.0 Å². The summed E-state index contributed by atoms with van der Waals surface area (Å²) in [6.07, 6.45) is 0. The topological polar surface area (TPSA) is 73.6 Å². The van der Waals surface area contributed by atoms with Crippen molar-refractivity contribution in [3.8, 4) is 11.5 Å². The first kappa shape index (κ1) is 14.8. The zero-order chi connectivity index (χ0) is 15.1. The number of rotatable bonds is 6. The number of ether oxygens (including phenoxy) is 2. The Balaban J connectivity index is 1.82. The van der Waals surface area contributed by atoms with Gasteiger partial charge in [0.25, 0.3) is 5.91 Å². The van der Waals surface area contributed by atoms with Crippen LogP contribution in [0.3, 0.4) is 0 Å². The van der Waals surface area contributed by atoms with Crippen LogP contribution in [-0.2, 0) is 0 Å². The number of carbonyl (C=O) groups is 1. The summed E-state index contributed by atoms with van der Waals surface area (Å²) in [6.45, 7) is 0.529. The monoisotopic (exact) mass is 290 g/mol. The molecule has 0 heterocycles. The van der Waals surface area contributed by atoms with Gasteiger partial charge < -0.3 is 9.47 Å². The predicted octanol–water partition coefficient (Wildman–Crippen LogP) is 1.89. The maximum atomic E-state index is 12.9. The average Bonchev–Trinajstić information content (AvgIpc) is 2.51. The van der Waals surface area contributed by atoms with E-state index >= 15 is 0 Å². The number of carbonyl (C=O) groups excluding carboxylic acids is 1. The molecule has 2 rings (SSSR count). The van der Waals surface area contributed by atoms with Crippen LogP contribution < -0.4 is 20.7 Å². The van der Waals surface area contributed by atoms with E-state index in [9.17, 15) is 9.18 Å². The molecule has 3 N–H and O–H groups in total. The zero-order valence-electron chi connectivity index (χ0n) is 11.2. The van der Waals surface area contributed by atoms with Crippen molar-refractivity contribution in [2.24, 2.45) is 5.84 Å². The fourth-order valence-corrected chi connectivity index (χ4v) is 1.69. The molecule has 0 aliphatic heterocycles. The number of benzene rings is 2. The fraction of sp³-hybridized carbons (Fsp3) is 0.133. The second kappa shape index (κ2) is 7.25. The summed E-state index contributed by atoms with van der Waals surface area (Å²) < 4.78 is 23.7. The largest absolute Gasteiger partial charge is 0.490 e. The molecule has 0 bridgehead atoms. The van der Waals surface area contributed by atoms with E-state index in [2.05, 4.69) is 0 Å². The molecule has 0 radical (unpaired) electrons. The first-order valence-electron chi connectivity index (χ1n) is 6.31. The standard InChI is InChI=1S/C15H15FN2O3/c16-12-4-2-6-14(10-12)21-8-7-20-13-5-1-3-11(9-13)15(19)18-17/h1-6,9-10H,7-8,17H2,(H,18,19). The van der Waals surface area contributed by atoms with E-state index in [0.717, 1.165) is 0 Å². The second-order valence-corrected chi connectivity index (χ2v) is 4.16. The number of hydrogen-bond acceptors (Lipinski definition) is 4. The third kappa shape index (κ3) is 4.47. The molecule has 0 saturated heterocycles. The van der Waals surface area contributed by atoms with Gasteiger partial charge in [-0.1, -0.05) is 12.1 Å². The molecule has 0 spiro atoms. The van der Waals surface area contributed by atoms with E-state index in [0.29, 0.717) is 17.1 Å². The highest BCUT2D eigenvalue weighted by atomic mass is 19.1. The zero-order valence-corrected chi connectivity index (χ0v) is 11.2. The molecule has 0 atom stereocenters. The van der Waals surface area contributed by atoms with Crippen LogP contribution in [0.15, 0.2) is 48.5 Å². The molecule has 2 aromatic rings. The number of halogens is 1. The van der Waals surface area contributed by atoms with E-state index < -0.39 is 5.91 Å². The SMILES string of the molecule is NNC(=O)c1cccc(OCCOc2cccc(F)c2)c1. The quantitative estimate of drug-likeness (QED) is 0.369. The molecular weight excluding hydrogens is 275 g/mol. The van der Waals surface area contributed by atoms with Gasteiger partial charge in [-0.25, -0.2) is 10.2 Å². The highest BCUT2D eigenvalue weighted by Crippen LogP contribution is 2.14. The molecular formula is C15H15FN2O3. The molecule has 0 aliphatic rings. The number of nitrogens with two attached hydrogens (primary N) is 1. The third-order valence-electron chi connectivity index (χ3n) is 2.64. The van der Waals surface area contributed by atoms with Gasteiger partial charge in [0.1, 0.15) is 30.5 Å². The molecule has 5 nitrogen and oxygen atoms in total. The number of hydrazine groups is 1. The van der Waals surface area contributed by atoms with Crippen LogP contribution in [0.5, 0.6) is 11.5 Å². The molecule has 0 aliphatic carbocycles. The lowest BCUT2D eigenvalue weighted by atomic mass is 10.2. The van der Waals surface area contributed by atoms with Crippen molar-refractivity contribution < 1.29 is 18.7 Å². The number of amides is 1. The van der Waals surface area contributed by atoms with Crippen molar-refractivity contribution >= 4 is 5.91 Å². The molecule has 2 aromatic carbocycles. The second-order valence-electron chi connectivity index (χ2n) is 4.16. The Labute approximate surface area is 121 Å². The smallest absolute Gasteiger partial charge is 0.265 e. The lowest BCUT2D eigenvalue weighted by Crippen LogP contribution is -2.29. The number of hydrogen-bond donors (Lipinski definition) is 2. The van der Waals surface area contributed by atoms with Crippen molar-refractivity contribution in [1.82, 2.24) is 5.43 Å². The van der Waals surface area contributed by atoms with E-state index in [1.807, 2.05) is 5.43 Å². The van der Waals surface area contributed by atoms with Gasteiger partial charge in [0.2, 0.25) is 0 Å². The Bertz CT molecular complexity index is 619. The molecule has 110 valence electrons. The van der Waals surface area contributed by atoms with Gasteiger partial charge in [0, 0.05) is 11.6 Å². The normalized spacial score (nSPS) is 10.0. The first-order chi connectivity index (χ1) is 10.2. The summed E-state index contributed by atoms with van der Waals surface area (Å²) in [6, 6.07) is 12.5. The summed E-state index contributed by atoms with van der Waals surface area (Å²) in [5.41, 5.74) is 2.45. The van der Waals surface area contributed by atoms with Crippen LogP contribution in [-0.4, -0.2) is 19.1 Å². The van der Waals surface area contributed by atoms with Crippen LogP contribution in [0.25, 0.3) is 0 Å². The van der Waals surface area contributed by atoms with Crippen LogP contribution in [0.4, 0.5) is 4.39 Å². The lowest BCUT2D eigenvalue weighted by Gasteiger charge is -2.09. The van der Waals surface area contributed by atoms with Crippen LogP contribution in [0.1, 0.15) is 10.4 Å². The molecule has 1 amide bonds. The third-order valence-corrected chi connectivity index (χ3v) is 2.64. The molecule has 0 aromatic heterocycles. The van der Waals surface area contributed by atoms with Gasteiger partial charge in [-0.3, -0.25) is 10.2 Å². The average molecular weight is 290 g/mol. The summed E-state index contributed by atoms with van der Waals surface area (Å²) in [4.78, 5) is 11.4. The Morgan fingerprint density at radius 3 is 2.29 bits per heavy atom. The number of nitrogen functional groups attached to an aromatic ring is 1. The Morgan fingerprint density at radius 2 is 1.67 bits per heavy atom. The van der Waals surface area contributed by atoms with Crippen molar-refractivity contribution in [1.29, 1.82) is 0 Å².